The fourth-order valence-corrected chi connectivity index (χ4v) is 6.50. The zero-order valence-corrected chi connectivity index (χ0v) is 27.2. The van der Waals surface area contributed by atoms with Gasteiger partial charge in [0.1, 0.15) is 18.0 Å². The molecule has 3 heterocycles. The Morgan fingerprint density at radius 2 is 1.77 bits per heavy atom. The lowest BCUT2D eigenvalue weighted by Crippen LogP contribution is -2.46. The predicted octanol–water partition coefficient (Wildman–Crippen LogP) is 5.84. The molecule has 1 aromatic heterocycles. The van der Waals surface area contributed by atoms with Gasteiger partial charge < -0.3 is 19.7 Å². The number of esters is 1. The summed E-state index contributed by atoms with van der Waals surface area (Å²) >= 11 is 1.55. The first-order valence-corrected chi connectivity index (χ1v) is 16.2. The third-order valence-electron chi connectivity index (χ3n) is 9.01. The highest BCUT2D eigenvalue weighted by molar-refractivity contribution is 7.09. The molecule has 9 heteroatoms. The summed E-state index contributed by atoms with van der Waals surface area (Å²) in [5.74, 6) is -1.15. The van der Waals surface area contributed by atoms with Gasteiger partial charge in [0.05, 0.1) is 40.8 Å². The van der Waals surface area contributed by atoms with E-state index in [9.17, 15) is 19.8 Å². The standard InChI is InChI=1S/C34H46N2O6S/c1-19-11-13-24(14-12-19)33-36-26-10-8-9-20(2)31(39)22(4)32(40)34(6,7)29(37)17-30(38)41-27(16-28(26)42-33)21(3)15-25-18-43-23(5)35-25/h11-15,18,20,22,26-29,31,37,39H,8-10,16-17H2,1-7H3/b21-15+/t20-,22+,26-,27-,28-,29-,31-/m0/s1. The first-order valence-electron chi connectivity index (χ1n) is 15.3. The van der Waals surface area contributed by atoms with Crippen LogP contribution in [0, 0.1) is 31.1 Å². The molecular formula is C34H46N2O6S. The van der Waals surface area contributed by atoms with E-state index in [4.69, 9.17) is 14.5 Å². The number of hydrogen-bond donors (Lipinski definition) is 2. The second-order valence-electron chi connectivity index (χ2n) is 12.9. The molecule has 0 bridgehead atoms. The van der Waals surface area contributed by atoms with Crippen LogP contribution >= 0.6 is 11.3 Å². The third-order valence-corrected chi connectivity index (χ3v) is 9.80. The maximum atomic E-state index is 13.4. The lowest BCUT2D eigenvalue weighted by Gasteiger charge is -2.34. The Kier molecular flexibility index (Phi) is 10.6. The minimum atomic E-state index is -1.27. The summed E-state index contributed by atoms with van der Waals surface area (Å²) in [6.07, 6.45) is 1.01. The predicted molar refractivity (Wildman–Crippen MR) is 169 cm³/mol. The molecular weight excluding hydrogens is 564 g/mol. The average molecular weight is 611 g/mol. The summed E-state index contributed by atoms with van der Waals surface area (Å²) < 4.78 is 12.5. The Bertz CT molecular complexity index is 1350. The van der Waals surface area contributed by atoms with Crippen LogP contribution in [0.25, 0.3) is 6.08 Å². The van der Waals surface area contributed by atoms with E-state index in [0.717, 1.165) is 40.2 Å². The summed E-state index contributed by atoms with van der Waals surface area (Å²) in [6, 6.07) is 7.87. The first kappa shape index (κ1) is 33.0. The van der Waals surface area contributed by atoms with Crippen LogP contribution in [0.4, 0.5) is 0 Å². The van der Waals surface area contributed by atoms with E-state index in [1.54, 1.807) is 32.1 Å². The maximum absolute atomic E-state index is 13.4. The van der Waals surface area contributed by atoms with Crippen molar-refractivity contribution in [1.29, 1.82) is 0 Å². The van der Waals surface area contributed by atoms with Crippen molar-refractivity contribution >= 4 is 35.1 Å². The minimum Gasteiger partial charge on any atom is -0.472 e. The molecule has 0 aliphatic carbocycles. The highest BCUT2D eigenvalue weighted by atomic mass is 32.1. The number of carbonyl (C=O) groups excluding carboxylic acids is 2. The molecule has 0 unspecified atom stereocenters. The van der Waals surface area contributed by atoms with Crippen molar-refractivity contribution in [2.24, 2.45) is 22.2 Å². The number of carbonyl (C=O) groups is 2. The van der Waals surface area contributed by atoms with Crippen LogP contribution in [0.2, 0.25) is 0 Å². The number of aryl methyl sites for hydroxylation is 2. The summed E-state index contributed by atoms with van der Waals surface area (Å²) in [5.41, 5.74) is 2.39. The molecule has 2 aliphatic heterocycles. The summed E-state index contributed by atoms with van der Waals surface area (Å²) in [5, 5.41) is 25.0. The Morgan fingerprint density at radius 1 is 1.07 bits per heavy atom. The van der Waals surface area contributed by atoms with E-state index in [2.05, 4.69) is 4.98 Å². The van der Waals surface area contributed by atoms with Gasteiger partial charge in [-0.2, -0.15) is 0 Å². The van der Waals surface area contributed by atoms with Gasteiger partial charge in [-0.25, -0.2) is 9.98 Å². The van der Waals surface area contributed by atoms with Gasteiger partial charge in [0, 0.05) is 23.3 Å². The number of thiazole rings is 1. The number of fused-ring (bicyclic) bond motifs is 1. The molecule has 2 N–H and O–H groups in total. The first-order chi connectivity index (χ1) is 20.3. The molecule has 1 aromatic carbocycles. The normalized spacial score (nSPS) is 31.1. The van der Waals surface area contributed by atoms with Gasteiger partial charge in [0.15, 0.2) is 0 Å². The van der Waals surface area contributed by atoms with Gasteiger partial charge in [-0.1, -0.05) is 51.8 Å². The van der Waals surface area contributed by atoms with Crippen molar-refractivity contribution in [1.82, 2.24) is 4.98 Å². The molecule has 4 rings (SSSR count). The topological polar surface area (TPSA) is 118 Å². The smallest absolute Gasteiger partial charge is 0.309 e. The molecule has 0 spiro atoms. The minimum absolute atomic E-state index is 0.134. The number of cyclic esters (lactones) is 1. The van der Waals surface area contributed by atoms with Gasteiger partial charge in [-0.15, -0.1) is 11.3 Å². The number of aliphatic hydroxyl groups is 2. The number of hydrogen-bond acceptors (Lipinski definition) is 9. The molecule has 2 aromatic rings. The van der Waals surface area contributed by atoms with Crippen LogP contribution in [0.15, 0.2) is 40.2 Å². The van der Waals surface area contributed by atoms with E-state index in [1.807, 2.05) is 63.4 Å². The number of aromatic nitrogens is 1. The third kappa shape index (κ3) is 7.99. The highest BCUT2D eigenvalue weighted by Gasteiger charge is 2.43. The van der Waals surface area contributed by atoms with Crippen molar-refractivity contribution < 1.29 is 29.3 Å². The lowest BCUT2D eigenvalue weighted by atomic mass is 9.73. The molecule has 2 aliphatic rings. The van der Waals surface area contributed by atoms with Crippen molar-refractivity contribution in [3.05, 3.63) is 57.0 Å². The Morgan fingerprint density at radius 3 is 2.42 bits per heavy atom. The molecule has 0 saturated carbocycles. The van der Waals surface area contributed by atoms with Crippen LogP contribution in [-0.4, -0.2) is 63.3 Å². The fraction of sp³-hybridized carbons (Fsp3) is 0.588. The number of benzene rings is 1. The van der Waals surface area contributed by atoms with Crippen molar-refractivity contribution in [2.45, 2.75) is 111 Å². The van der Waals surface area contributed by atoms with Crippen molar-refractivity contribution in [2.75, 3.05) is 0 Å². The molecule has 43 heavy (non-hydrogen) atoms. The monoisotopic (exact) mass is 610 g/mol. The lowest BCUT2D eigenvalue weighted by molar-refractivity contribution is -0.155. The number of ether oxygens (including phenoxy) is 2. The second-order valence-corrected chi connectivity index (χ2v) is 14.0. The number of nitrogens with zero attached hydrogens (tertiary/aromatic N) is 2. The van der Waals surface area contributed by atoms with Crippen molar-refractivity contribution in [3.63, 3.8) is 0 Å². The molecule has 0 radical (unpaired) electrons. The number of ketones is 1. The van der Waals surface area contributed by atoms with Gasteiger partial charge in [0.25, 0.3) is 0 Å². The van der Waals surface area contributed by atoms with Gasteiger partial charge in [0.2, 0.25) is 5.90 Å². The van der Waals surface area contributed by atoms with Gasteiger partial charge >= 0.3 is 5.97 Å². The Balaban J connectivity index is 1.67. The quantitative estimate of drug-likeness (QED) is 0.419. The zero-order chi connectivity index (χ0) is 31.5. The largest absolute Gasteiger partial charge is 0.472 e. The molecule has 7 atom stereocenters. The Hall–Kier alpha value is -2.88. The summed E-state index contributed by atoms with van der Waals surface area (Å²) in [7, 11) is 0. The SMILES string of the molecule is C/C(=C\c1csc(C)n1)[C@@H]1C[C@@H]2OC(c3ccc(C)cc3)=N[C@H]2CCC[C@H](C)[C@H](O)[C@@H](C)C(=O)C(C)(C)[C@@H](O)CC(=O)O1. The molecule has 1 fully saturated rings. The van der Waals surface area contributed by atoms with E-state index in [1.165, 1.54) is 0 Å². The van der Waals surface area contributed by atoms with Gasteiger partial charge in [-0.05, 0) is 63.3 Å². The van der Waals surface area contributed by atoms with Crippen LogP contribution in [-0.2, 0) is 19.1 Å². The fourth-order valence-electron chi connectivity index (χ4n) is 5.93. The van der Waals surface area contributed by atoms with Crippen LogP contribution < -0.4 is 0 Å². The summed E-state index contributed by atoms with van der Waals surface area (Å²) in [6.45, 7) is 12.8. The molecule has 0 amide bonds. The van der Waals surface area contributed by atoms with E-state index in [0.29, 0.717) is 18.7 Å². The second kappa shape index (κ2) is 13.8. The number of aliphatic imine (C=N–C) groups is 1. The van der Waals surface area contributed by atoms with E-state index in [-0.39, 0.29) is 30.3 Å². The highest BCUT2D eigenvalue weighted by Crippen LogP contribution is 2.34. The molecule has 8 nitrogen and oxygen atoms in total. The molecule has 234 valence electrons. The Labute approximate surface area is 259 Å². The van der Waals surface area contributed by atoms with E-state index >= 15 is 0 Å². The maximum Gasteiger partial charge on any atom is 0.309 e. The van der Waals surface area contributed by atoms with Gasteiger partial charge in [-0.3, -0.25) is 9.59 Å². The average Bonchev–Trinajstić information content (AvgIpc) is 3.56. The van der Waals surface area contributed by atoms with Crippen LogP contribution in [0.1, 0.15) is 88.6 Å². The van der Waals surface area contributed by atoms with Crippen molar-refractivity contribution in [3.8, 4) is 0 Å². The van der Waals surface area contributed by atoms with Crippen LogP contribution in [0.3, 0.4) is 0 Å². The number of Topliss-reactive ketones (excluding diaryl/α,β-unsaturated/α-hetero) is 1. The van der Waals surface area contributed by atoms with E-state index < -0.39 is 35.6 Å². The number of rotatable bonds is 3. The summed E-state index contributed by atoms with van der Waals surface area (Å²) in [4.78, 5) is 36.3. The van der Waals surface area contributed by atoms with Crippen LogP contribution in [0.5, 0.6) is 0 Å². The zero-order valence-electron chi connectivity index (χ0n) is 26.4. The molecule has 1 saturated heterocycles. The number of aliphatic hydroxyl groups excluding tert-OH is 2.